The molecule has 0 spiro atoms. The third-order valence-electron chi connectivity index (χ3n) is 1.75. The zero-order valence-electron chi connectivity index (χ0n) is 8.59. The van der Waals surface area contributed by atoms with E-state index in [1.165, 1.54) is 0 Å². The van der Waals surface area contributed by atoms with Crippen LogP contribution in [0.5, 0.6) is 0 Å². The van der Waals surface area contributed by atoms with Gasteiger partial charge < -0.3 is 0 Å². The van der Waals surface area contributed by atoms with Crippen LogP contribution in [0, 0.1) is 0 Å². The largest absolute Gasteiger partial charge is 0.300 e. The first-order valence-electron chi connectivity index (χ1n) is 4.59. The Balaban J connectivity index is 2.67. The maximum Gasteiger partial charge on any atom is 0.130 e. The lowest BCUT2D eigenvalue weighted by atomic mass is 10.2. The number of ketones is 1. The number of rotatable bonds is 4. The number of halogens is 2. The molecular weight excluding hydrogens is 251 g/mol. The Kier molecular flexibility index (Phi) is 4.97. The average molecular weight is 263 g/mol. The lowest BCUT2D eigenvalue weighted by Crippen LogP contribution is -2.02. The van der Waals surface area contributed by atoms with Gasteiger partial charge in [0.15, 0.2) is 0 Å². The highest BCUT2D eigenvalue weighted by Gasteiger charge is 2.08. The van der Waals surface area contributed by atoms with E-state index in [1.807, 2.05) is 19.1 Å². The number of Topliss-reactive ketones (excluding diaryl/α,β-unsaturated/α-hetero) is 1. The van der Waals surface area contributed by atoms with Crippen molar-refractivity contribution in [3.63, 3.8) is 0 Å². The number of hydrogen-bond donors (Lipinski definition) is 0. The van der Waals surface area contributed by atoms with E-state index in [0.717, 1.165) is 4.90 Å². The van der Waals surface area contributed by atoms with Crippen molar-refractivity contribution in [1.82, 2.24) is 0 Å². The van der Waals surface area contributed by atoms with Crippen molar-refractivity contribution in [2.45, 2.75) is 30.4 Å². The van der Waals surface area contributed by atoms with Crippen LogP contribution in [0.15, 0.2) is 23.1 Å². The van der Waals surface area contributed by atoms with Crippen molar-refractivity contribution >= 4 is 40.7 Å². The van der Waals surface area contributed by atoms with E-state index < -0.39 is 0 Å². The Hall–Kier alpha value is -0.180. The minimum absolute atomic E-state index is 0.197. The Morgan fingerprint density at radius 3 is 2.33 bits per heavy atom. The summed E-state index contributed by atoms with van der Waals surface area (Å²) in [7, 11) is 0. The van der Waals surface area contributed by atoms with Crippen molar-refractivity contribution in [2.24, 2.45) is 0 Å². The van der Waals surface area contributed by atoms with Gasteiger partial charge in [0.25, 0.3) is 0 Å². The second kappa shape index (κ2) is 5.78. The van der Waals surface area contributed by atoms with Crippen LogP contribution in [-0.2, 0) is 4.79 Å². The molecule has 0 N–H and O–H groups in total. The van der Waals surface area contributed by atoms with Crippen LogP contribution in [0.25, 0.3) is 0 Å². The molecule has 0 saturated carbocycles. The first-order valence-corrected chi connectivity index (χ1v) is 6.23. The molecule has 0 aliphatic carbocycles. The lowest BCUT2D eigenvalue weighted by Gasteiger charge is -2.09. The van der Waals surface area contributed by atoms with Crippen LogP contribution in [0.3, 0.4) is 0 Å². The zero-order valence-corrected chi connectivity index (χ0v) is 10.9. The summed E-state index contributed by atoms with van der Waals surface area (Å²) >= 11 is 13.4. The van der Waals surface area contributed by atoms with Crippen molar-refractivity contribution in [3.8, 4) is 0 Å². The third-order valence-corrected chi connectivity index (χ3v) is 3.26. The first kappa shape index (κ1) is 12.9. The number of hydrogen-bond acceptors (Lipinski definition) is 2. The normalized spacial score (nSPS) is 12.5. The summed E-state index contributed by atoms with van der Waals surface area (Å²) in [5.41, 5.74) is 0. The summed E-state index contributed by atoms with van der Waals surface area (Å²) in [6.45, 7) is 3.61. The maximum absolute atomic E-state index is 10.9. The highest BCUT2D eigenvalue weighted by Crippen LogP contribution is 2.30. The number of thioether (sulfide) groups is 1. The molecule has 1 unspecified atom stereocenters. The van der Waals surface area contributed by atoms with Crippen LogP contribution < -0.4 is 0 Å². The molecule has 1 nitrogen and oxygen atoms in total. The van der Waals surface area contributed by atoms with Crippen LogP contribution in [0.2, 0.25) is 10.0 Å². The fourth-order valence-corrected chi connectivity index (χ4v) is 3.10. The summed E-state index contributed by atoms with van der Waals surface area (Å²) in [5, 5.41) is 1.50. The topological polar surface area (TPSA) is 17.1 Å². The van der Waals surface area contributed by atoms with E-state index in [0.29, 0.717) is 16.5 Å². The summed E-state index contributed by atoms with van der Waals surface area (Å²) in [6.07, 6.45) is 0.564. The predicted molar refractivity (Wildman–Crippen MR) is 67.1 cm³/mol. The van der Waals surface area contributed by atoms with Gasteiger partial charge in [-0.1, -0.05) is 30.1 Å². The molecule has 0 radical (unpaired) electrons. The minimum Gasteiger partial charge on any atom is -0.300 e. The standard InChI is InChI=1S/C11H12Cl2OS/c1-7(14)3-8(2)15-11-5-9(12)4-10(13)6-11/h4-6,8H,3H2,1-2H3. The van der Waals surface area contributed by atoms with Crippen LogP contribution in [-0.4, -0.2) is 11.0 Å². The van der Waals surface area contributed by atoms with Gasteiger partial charge in [0.05, 0.1) is 0 Å². The Morgan fingerprint density at radius 2 is 1.87 bits per heavy atom. The van der Waals surface area contributed by atoms with Gasteiger partial charge in [-0.05, 0) is 25.1 Å². The summed E-state index contributed by atoms with van der Waals surface area (Å²) in [4.78, 5) is 11.9. The van der Waals surface area contributed by atoms with Crippen molar-refractivity contribution < 1.29 is 4.79 Å². The molecule has 0 heterocycles. The first-order chi connectivity index (χ1) is 6.97. The van der Waals surface area contributed by atoms with Crippen LogP contribution in [0.4, 0.5) is 0 Å². The minimum atomic E-state index is 0.197. The van der Waals surface area contributed by atoms with Gasteiger partial charge in [0.1, 0.15) is 5.78 Å². The smallest absolute Gasteiger partial charge is 0.130 e. The fraction of sp³-hybridized carbons (Fsp3) is 0.364. The van der Waals surface area contributed by atoms with Gasteiger partial charge >= 0.3 is 0 Å². The number of benzene rings is 1. The monoisotopic (exact) mass is 262 g/mol. The lowest BCUT2D eigenvalue weighted by molar-refractivity contribution is -0.116. The second-order valence-corrected chi connectivity index (χ2v) is 5.82. The summed E-state index contributed by atoms with van der Waals surface area (Å²) in [5.74, 6) is 0.197. The van der Waals surface area contributed by atoms with Gasteiger partial charge in [-0.15, -0.1) is 11.8 Å². The molecule has 1 rings (SSSR count). The molecule has 0 aromatic heterocycles. The Morgan fingerprint density at radius 1 is 1.33 bits per heavy atom. The highest BCUT2D eigenvalue weighted by molar-refractivity contribution is 8.00. The molecule has 0 aliphatic heterocycles. The Labute approximate surface area is 104 Å². The molecule has 0 fully saturated rings. The highest BCUT2D eigenvalue weighted by atomic mass is 35.5. The van der Waals surface area contributed by atoms with E-state index in [-0.39, 0.29) is 11.0 Å². The van der Waals surface area contributed by atoms with Gasteiger partial charge in [-0.3, -0.25) is 4.79 Å². The molecule has 15 heavy (non-hydrogen) atoms. The van der Waals surface area contributed by atoms with Crippen molar-refractivity contribution in [1.29, 1.82) is 0 Å². The van der Waals surface area contributed by atoms with Crippen LogP contribution >= 0.6 is 35.0 Å². The fourth-order valence-electron chi connectivity index (χ4n) is 1.28. The van der Waals surface area contributed by atoms with Crippen LogP contribution in [0.1, 0.15) is 20.3 Å². The predicted octanol–water partition coefficient (Wildman–Crippen LogP) is 4.45. The molecule has 1 aromatic carbocycles. The second-order valence-electron chi connectivity index (χ2n) is 3.44. The van der Waals surface area contributed by atoms with E-state index in [1.54, 1.807) is 24.8 Å². The summed E-state index contributed by atoms with van der Waals surface area (Å²) in [6, 6.07) is 5.41. The van der Waals surface area contributed by atoms with Gasteiger partial charge in [-0.25, -0.2) is 0 Å². The number of carbonyl (C=O) groups excluding carboxylic acids is 1. The molecule has 0 aliphatic rings. The third kappa shape index (κ3) is 4.92. The molecule has 0 amide bonds. The molecule has 82 valence electrons. The number of carbonyl (C=O) groups is 1. The SMILES string of the molecule is CC(=O)CC(C)Sc1cc(Cl)cc(Cl)c1. The molecule has 4 heteroatoms. The van der Waals surface area contributed by atoms with Crippen molar-refractivity contribution in [3.05, 3.63) is 28.2 Å². The maximum atomic E-state index is 10.9. The Bertz CT molecular complexity index is 345. The van der Waals surface area contributed by atoms with Crippen molar-refractivity contribution in [2.75, 3.05) is 0 Å². The zero-order chi connectivity index (χ0) is 11.4. The van der Waals surface area contributed by atoms with Gasteiger partial charge in [0.2, 0.25) is 0 Å². The van der Waals surface area contributed by atoms with E-state index >= 15 is 0 Å². The molecule has 0 saturated heterocycles. The molecule has 1 aromatic rings. The molecule has 0 bridgehead atoms. The van der Waals surface area contributed by atoms with E-state index in [9.17, 15) is 4.79 Å². The van der Waals surface area contributed by atoms with E-state index in [4.69, 9.17) is 23.2 Å². The van der Waals surface area contributed by atoms with Gasteiger partial charge in [-0.2, -0.15) is 0 Å². The van der Waals surface area contributed by atoms with Gasteiger partial charge in [0, 0.05) is 26.6 Å². The quantitative estimate of drug-likeness (QED) is 0.746. The average Bonchev–Trinajstić information content (AvgIpc) is 1.98. The molecule has 1 atom stereocenters. The molecular formula is C11H12Cl2OS. The summed E-state index contributed by atoms with van der Waals surface area (Å²) < 4.78 is 0. The van der Waals surface area contributed by atoms with E-state index in [2.05, 4.69) is 0 Å².